The second-order valence-electron chi connectivity index (χ2n) is 4.19. The normalized spacial score (nSPS) is 21.1. The predicted molar refractivity (Wildman–Crippen MR) is 83.5 cm³/mol. The summed E-state index contributed by atoms with van der Waals surface area (Å²) >= 11 is 0. The molecule has 0 bridgehead atoms. The lowest BCUT2D eigenvalue weighted by Crippen LogP contribution is -2.55. The largest absolute Gasteiger partial charge is 0.295 e. The summed E-state index contributed by atoms with van der Waals surface area (Å²) in [5.74, 6) is -4.76. The zero-order chi connectivity index (χ0) is 17.7. The summed E-state index contributed by atoms with van der Waals surface area (Å²) in [4.78, 5) is 3.29. The van der Waals surface area contributed by atoms with Gasteiger partial charge in [-0.05, 0) is 13.6 Å². The van der Waals surface area contributed by atoms with Crippen molar-refractivity contribution in [1.29, 1.82) is 0 Å². The van der Waals surface area contributed by atoms with Gasteiger partial charge in [0.25, 0.3) is 11.8 Å². The first kappa shape index (κ1) is 25.6. The second-order valence-corrected chi connectivity index (χ2v) is 4.19. The van der Waals surface area contributed by atoms with Gasteiger partial charge in [0, 0.05) is 0 Å². The van der Waals surface area contributed by atoms with Gasteiger partial charge in [0.1, 0.15) is 0 Å². The maximum Gasteiger partial charge on any atom is 0.272 e. The zero-order valence-corrected chi connectivity index (χ0v) is 14.9. The van der Waals surface area contributed by atoms with Gasteiger partial charge in [-0.15, -0.1) is 0 Å². The van der Waals surface area contributed by atoms with Crippen LogP contribution in [0.3, 0.4) is 0 Å². The number of hydrogen-bond acceptors (Lipinski definition) is 2. The molecule has 2 aliphatic rings. The van der Waals surface area contributed by atoms with Gasteiger partial charge >= 0.3 is 0 Å². The highest BCUT2D eigenvalue weighted by Gasteiger charge is 2.42. The van der Waals surface area contributed by atoms with E-state index < -0.39 is 11.8 Å². The van der Waals surface area contributed by atoms with Crippen LogP contribution in [-0.4, -0.2) is 61.4 Å². The van der Waals surface area contributed by atoms with E-state index in [0.29, 0.717) is 0 Å². The third kappa shape index (κ3) is 13.1. The molecule has 0 saturated carbocycles. The molecule has 2 fully saturated rings. The standard InChI is InChI=1S/C5H9F2N.C4H7F2N.3C2H6/c1-2-8-3-5(6,7)4-8;1-7-2-4(5,6)3-7;3*1-2/h2-4H2,1H3;2-3H2,1H3;3*1-2H3. The van der Waals surface area contributed by atoms with Crippen LogP contribution in [0.25, 0.3) is 0 Å². The topological polar surface area (TPSA) is 6.48 Å². The second kappa shape index (κ2) is 13.3. The summed E-state index contributed by atoms with van der Waals surface area (Å²) in [5, 5.41) is 0. The number of rotatable bonds is 1. The Bertz CT molecular complexity index is 208. The summed E-state index contributed by atoms with van der Waals surface area (Å²) in [7, 11) is 1.68. The molecule has 0 atom stereocenters. The van der Waals surface area contributed by atoms with Gasteiger partial charge in [-0.25, -0.2) is 17.6 Å². The highest BCUT2D eigenvalue weighted by molar-refractivity contribution is 4.85. The SMILES string of the molecule is CC.CC.CC.CCN1CC(F)(F)C1.CN1CC(F)(F)C1. The first-order valence-electron chi connectivity index (χ1n) is 7.91. The van der Waals surface area contributed by atoms with Crippen molar-refractivity contribution in [3.05, 3.63) is 0 Å². The van der Waals surface area contributed by atoms with Gasteiger partial charge in [-0.3, -0.25) is 9.80 Å². The first-order valence-corrected chi connectivity index (χ1v) is 7.91. The quantitative estimate of drug-likeness (QED) is 0.652. The fourth-order valence-corrected chi connectivity index (χ4v) is 1.58. The number of halogens is 4. The van der Waals surface area contributed by atoms with Crippen LogP contribution in [0.1, 0.15) is 48.5 Å². The first-order chi connectivity index (χ1) is 9.74. The van der Waals surface area contributed by atoms with Crippen molar-refractivity contribution in [3.8, 4) is 0 Å². The van der Waals surface area contributed by atoms with Crippen LogP contribution in [0.5, 0.6) is 0 Å². The number of alkyl halides is 4. The van der Waals surface area contributed by atoms with Crippen molar-refractivity contribution in [2.75, 3.05) is 39.8 Å². The third-order valence-corrected chi connectivity index (χ3v) is 2.36. The van der Waals surface area contributed by atoms with E-state index >= 15 is 0 Å². The maximum atomic E-state index is 11.9. The van der Waals surface area contributed by atoms with Gasteiger partial charge in [0.05, 0.1) is 26.2 Å². The van der Waals surface area contributed by atoms with Crippen LogP contribution in [0.15, 0.2) is 0 Å². The van der Waals surface area contributed by atoms with Gasteiger partial charge in [-0.2, -0.15) is 0 Å². The third-order valence-electron chi connectivity index (χ3n) is 2.36. The molecule has 0 aliphatic carbocycles. The van der Waals surface area contributed by atoms with Crippen LogP contribution < -0.4 is 0 Å². The lowest BCUT2D eigenvalue weighted by Gasteiger charge is -2.37. The van der Waals surface area contributed by atoms with Crippen molar-refractivity contribution in [2.24, 2.45) is 0 Å². The zero-order valence-electron chi connectivity index (χ0n) is 14.9. The van der Waals surface area contributed by atoms with Crippen LogP contribution in [0.2, 0.25) is 0 Å². The molecule has 0 aromatic rings. The smallest absolute Gasteiger partial charge is 0.272 e. The Balaban J connectivity index is -0.000000229. The molecule has 6 heteroatoms. The molecule has 0 radical (unpaired) electrons. The minimum atomic E-state index is -2.38. The van der Waals surface area contributed by atoms with E-state index in [1.54, 1.807) is 16.8 Å². The van der Waals surface area contributed by atoms with E-state index in [1.807, 2.05) is 48.5 Å². The molecule has 0 aromatic carbocycles. The Hall–Kier alpha value is -0.360. The molecule has 2 nitrogen and oxygen atoms in total. The molecule has 2 saturated heterocycles. The van der Waals surface area contributed by atoms with Crippen molar-refractivity contribution in [2.45, 2.75) is 60.3 Å². The molecule has 0 aromatic heterocycles. The molecule has 0 N–H and O–H groups in total. The van der Waals surface area contributed by atoms with Crippen LogP contribution >= 0.6 is 0 Å². The molecule has 21 heavy (non-hydrogen) atoms. The molecule has 0 unspecified atom stereocenters. The van der Waals surface area contributed by atoms with E-state index in [2.05, 4.69) is 0 Å². The fraction of sp³-hybridized carbons (Fsp3) is 1.00. The fourth-order valence-electron chi connectivity index (χ4n) is 1.58. The van der Waals surface area contributed by atoms with E-state index in [1.165, 1.54) is 0 Å². The van der Waals surface area contributed by atoms with E-state index in [-0.39, 0.29) is 26.2 Å². The summed E-state index contributed by atoms with van der Waals surface area (Å²) in [5.41, 5.74) is 0. The molecule has 2 aliphatic heterocycles. The number of nitrogens with zero attached hydrogens (tertiary/aromatic N) is 2. The Kier molecular flexibility index (Phi) is 16.2. The maximum absolute atomic E-state index is 11.9. The minimum absolute atomic E-state index is 0.0382. The Morgan fingerprint density at radius 1 is 0.714 bits per heavy atom. The van der Waals surface area contributed by atoms with Gasteiger partial charge in [-0.1, -0.05) is 48.5 Å². The highest BCUT2D eigenvalue weighted by atomic mass is 19.3. The number of likely N-dealkylation sites (tertiary alicyclic amines) is 2. The average Bonchev–Trinajstić information content (AvgIpc) is 2.41. The monoisotopic (exact) mass is 318 g/mol. The summed E-state index contributed by atoms with van der Waals surface area (Å²) in [6, 6.07) is 0. The van der Waals surface area contributed by atoms with Crippen LogP contribution in [0, 0.1) is 0 Å². The van der Waals surface area contributed by atoms with Crippen molar-refractivity contribution < 1.29 is 17.6 Å². The summed E-state index contributed by atoms with van der Waals surface area (Å²) in [6.07, 6.45) is 0. The highest BCUT2D eigenvalue weighted by Crippen LogP contribution is 2.25. The molecule has 0 spiro atoms. The Morgan fingerprint density at radius 2 is 1.00 bits per heavy atom. The lowest BCUT2D eigenvalue weighted by atomic mass is 10.1. The summed E-state index contributed by atoms with van der Waals surface area (Å²) in [6.45, 7) is 14.4. The van der Waals surface area contributed by atoms with Gasteiger partial charge < -0.3 is 0 Å². The predicted octanol–water partition coefficient (Wildman–Crippen LogP) is 4.60. The Morgan fingerprint density at radius 3 is 1.05 bits per heavy atom. The van der Waals surface area contributed by atoms with E-state index in [4.69, 9.17) is 0 Å². The number of hydrogen-bond donors (Lipinski definition) is 0. The van der Waals surface area contributed by atoms with Crippen molar-refractivity contribution >= 4 is 0 Å². The Labute approximate surface area is 128 Å². The summed E-state index contributed by atoms with van der Waals surface area (Å²) < 4.78 is 47.4. The molecule has 132 valence electrons. The van der Waals surface area contributed by atoms with E-state index in [9.17, 15) is 17.6 Å². The average molecular weight is 318 g/mol. The van der Waals surface area contributed by atoms with E-state index in [0.717, 1.165) is 6.54 Å². The van der Waals surface area contributed by atoms with Gasteiger partial charge in [0.2, 0.25) is 0 Å². The van der Waals surface area contributed by atoms with Crippen LogP contribution in [-0.2, 0) is 0 Å². The molecule has 0 amide bonds. The van der Waals surface area contributed by atoms with Crippen LogP contribution in [0.4, 0.5) is 17.6 Å². The molecular weight excluding hydrogens is 284 g/mol. The molecule has 2 heterocycles. The lowest BCUT2D eigenvalue weighted by molar-refractivity contribution is -0.128. The molecular formula is C15H34F4N2. The minimum Gasteiger partial charge on any atom is -0.295 e. The van der Waals surface area contributed by atoms with Gasteiger partial charge in [0.15, 0.2) is 0 Å². The molecule has 2 rings (SSSR count). The van der Waals surface area contributed by atoms with Crippen molar-refractivity contribution in [1.82, 2.24) is 9.80 Å². The van der Waals surface area contributed by atoms with Crippen molar-refractivity contribution in [3.63, 3.8) is 0 Å².